The molecule has 0 saturated carbocycles. The van der Waals surface area contributed by atoms with Crippen LogP contribution in [0.25, 0.3) is 10.9 Å². The van der Waals surface area contributed by atoms with Gasteiger partial charge in [-0.1, -0.05) is 29.8 Å². The van der Waals surface area contributed by atoms with Gasteiger partial charge in [0.15, 0.2) is 11.5 Å². The summed E-state index contributed by atoms with van der Waals surface area (Å²) in [6.45, 7) is 4.01. The summed E-state index contributed by atoms with van der Waals surface area (Å²) in [5.41, 5.74) is 0.722. The monoisotopic (exact) mass is 581 g/mol. The molecule has 11 nitrogen and oxygen atoms in total. The van der Waals surface area contributed by atoms with Gasteiger partial charge in [-0.3, -0.25) is 14.9 Å². The first kappa shape index (κ1) is 26.7. The van der Waals surface area contributed by atoms with Crippen LogP contribution >= 0.6 is 15.9 Å². The normalized spacial score (nSPS) is 12.0. The zero-order valence-corrected chi connectivity index (χ0v) is 22.6. The van der Waals surface area contributed by atoms with Gasteiger partial charge in [0.1, 0.15) is 12.0 Å². The average molecular weight is 582 g/mol. The van der Waals surface area contributed by atoms with E-state index in [0.29, 0.717) is 33.8 Å². The van der Waals surface area contributed by atoms with E-state index in [-0.39, 0.29) is 28.8 Å². The fourth-order valence-corrected chi connectivity index (χ4v) is 3.99. The van der Waals surface area contributed by atoms with Gasteiger partial charge < -0.3 is 14.2 Å². The molecule has 0 unspecified atom stereocenters. The molecule has 0 aliphatic rings. The molecule has 38 heavy (non-hydrogen) atoms. The largest absolute Gasteiger partial charge is 0.493 e. The fraction of sp³-hybridized carbons (Fsp3) is 0.231. The first-order valence-electron chi connectivity index (χ1n) is 11.6. The van der Waals surface area contributed by atoms with Gasteiger partial charge in [0.25, 0.3) is 11.2 Å². The number of benzene rings is 2. The first-order chi connectivity index (χ1) is 18.2. The summed E-state index contributed by atoms with van der Waals surface area (Å²) < 4.78 is 18.9. The summed E-state index contributed by atoms with van der Waals surface area (Å²) in [6, 6.07) is 11.3. The summed E-state index contributed by atoms with van der Waals surface area (Å²) in [5, 5.41) is 15.8. The van der Waals surface area contributed by atoms with Crippen LogP contribution in [0.15, 0.2) is 63.0 Å². The Morgan fingerprint density at radius 3 is 2.45 bits per heavy atom. The summed E-state index contributed by atoms with van der Waals surface area (Å²) >= 11 is 3.41. The Hall–Kier alpha value is -4.32. The zero-order chi connectivity index (χ0) is 27.4. The van der Waals surface area contributed by atoms with E-state index in [4.69, 9.17) is 19.2 Å². The number of hydrogen-bond donors (Lipinski definition) is 0. The number of pyridine rings is 1. The Morgan fingerprint density at radius 2 is 1.87 bits per heavy atom. The van der Waals surface area contributed by atoms with Crippen LogP contribution in [0.5, 0.6) is 23.1 Å². The highest BCUT2D eigenvalue weighted by Crippen LogP contribution is 2.40. The SMILES string of the molecule is CC[C@@H](C)c1nc2ccc(Br)cc2c(=O)n1N=Cc1cc(OC)c(Oc2ccc([N+](=O)[O-])cn2)c(OC)c1. The molecule has 196 valence electrons. The Labute approximate surface area is 226 Å². The summed E-state index contributed by atoms with van der Waals surface area (Å²) in [5.74, 6) is 1.49. The summed E-state index contributed by atoms with van der Waals surface area (Å²) in [7, 11) is 2.92. The highest BCUT2D eigenvalue weighted by Gasteiger charge is 2.18. The summed E-state index contributed by atoms with van der Waals surface area (Å²) in [6.07, 6.45) is 3.38. The maximum Gasteiger partial charge on any atom is 0.287 e. The van der Waals surface area contributed by atoms with Crippen molar-refractivity contribution in [3.8, 4) is 23.1 Å². The Morgan fingerprint density at radius 1 is 1.16 bits per heavy atom. The van der Waals surface area contributed by atoms with E-state index in [1.807, 2.05) is 19.9 Å². The lowest BCUT2D eigenvalue weighted by molar-refractivity contribution is -0.385. The number of fused-ring (bicyclic) bond motifs is 1. The van der Waals surface area contributed by atoms with E-state index in [1.165, 1.54) is 37.2 Å². The minimum Gasteiger partial charge on any atom is -0.493 e. The smallest absolute Gasteiger partial charge is 0.287 e. The molecular weight excluding hydrogens is 558 g/mol. The molecule has 0 bridgehead atoms. The van der Waals surface area contributed by atoms with Crippen molar-refractivity contribution in [2.45, 2.75) is 26.2 Å². The van der Waals surface area contributed by atoms with Crippen molar-refractivity contribution in [2.75, 3.05) is 14.2 Å². The highest BCUT2D eigenvalue weighted by atomic mass is 79.9. The molecule has 0 aliphatic heterocycles. The van der Waals surface area contributed by atoms with Crippen molar-refractivity contribution < 1.29 is 19.1 Å². The van der Waals surface area contributed by atoms with Gasteiger partial charge >= 0.3 is 0 Å². The molecule has 0 aliphatic carbocycles. The van der Waals surface area contributed by atoms with E-state index in [2.05, 4.69) is 26.0 Å². The predicted molar refractivity (Wildman–Crippen MR) is 146 cm³/mol. The predicted octanol–water partition coefficient (Wildman–Crippen LogP) is 5.67. The van der Waals surface area contributed by atoms with Crippen LogP contribution in [0.4, 0.5) is 5.69 Å². The van der Waals surface area contributed by atoms with Crippen LogP contribution < -0.4 is 19.8 Å². The van der Waals surface area contributed by atoms with Gasteiger partial charge in [-0.2, -0.15) is 9.78 Å². The van der Waals surface area contributed by atoms with Gasteiger partial charge in [-0.25, -0.2) is 9.97 Å². The second kappa shape index (κ2) is 11.4. The lowest BCUT2D eigenvalue weighted by Crippen LogP contribution is -2.23. The van der Waals surface area contributed by atoms with Gasteiger partial charge in [0.2, 0.25) is 11.6 Å². The average Bonchev–Trinajstić information content (AvgIpc) is 2.92. The number of methoxy groups -OCH3 is 2. The molecule has 2 heterocycles. The first-order valence-corrected chi connectivity index (χ1v) is 12.4. The maximum atomic E-state index is 13.4. The molecule has 0 radical (unpaired) electrons. The Balaban J connectivity index is 1.75. The standard InChI is InChI=1S/C26H24BrN5O6/c1-5-15(2)25-30-20-8-6-17(27)12-19(20)26(33)31(25)29-13-16-10-21(36-3)24(22(11-16)37-4)38-23-9-7-18(14-28-23)32(34)35/h6-15H,5H2,1-4H3/t15-/m1/s1. The van der Waals surface area contributed by atoms with Crippen molar-refractivity contribution in [3.05, 3.63) is 85.0 Å². The number of rotatable bonds is 9. The minimum atomic E-state index is -0.548. The molecule has 1 atom stereocenters. The number of hydrogen-bond acceptors (Lipinski definition) is 9. The molecule has 2 aromatic heterocycles. The van der Waals surface area contributed by atoms with Crippen LogP contribution in [-0.2, 0) is 0 Å². The van der Waals surface area contributed by atoms with Crippen LogP contribution in [-0.4, -0.2) is 40.0 Å². The maximum absolute atomic E-state index is 13.4. The van der Waals surface area contributed by atoms with Gasteiger partial charge in [0, 0.05) is 28.1 Å². The van der Waals surface area contributed by atoms with E-state index in [9.17, 15) is 14.9 Å². The highest BCUT2D eigenvalue weighted by molar-refractivity contribution is 9.10. The number of ether oxygens (including phenoxy) is 3. The van der Waals surface area contributed by atoms with E-state index >= 15 is 0 Å². The molecule has 0 saturated heterocycles. The van der Waals surface area contributed by atoms with Crippen LogP contribution in [0.2, 0.25) is 0 Å². The van der Waals surface area contributed by atoms with Crippen LogP contribution in [0.3, 0.4) is 0 Å². The van der Waals surface area contributed by atoms with Crippen molar-refractivity contribution >= 4 is 38.7 Å². The third kappa shape index (κ3) is 5.49. The third-order valence-electron chi connectivity index (χ3n) is 5.83. The number of nitrogens with zero attached hydrogens (tertiary/aromatic N) is 5. The molecule has 0 fully saturated rings. The molecule has 12 heteroatoms. The molecule has 0 amide bonds. The lowest BCUT2D eigenvalue weighted by Gasteiger charge is -2.15. The second-order valence-corrected chi connectivity index (χ2v) is 9.19. The summed E-state index contributed by atoms with van der Waals surface area (Å²) in [4.78, 5) is 32.4. The van der Waals surface area contributed by atoms with Crippen molar-refractivity contribution in [2.24, 2.45) is 5.10 Å². The Kier molecular flexibility index (Phi) is 8.01. The quantitative estimate of drug-likeness (QED) is 0.140. The van der Waals surface area contributed by atoms with Crippen molar-refractivity contribution in [1.82, 2.24) is 14.6 Å². The molecule has 0 spiro atoms. The lowest BCUT2D eigenvalue weighted by atomic mass is 10.1. The molecular formula is C26H24BrN5O6. The van der Waals surface area contributed by atoms with Gasteiger partial charge in [-0.05, 0) is 36.8 Å². The number of aromatic nitrogens is 3. The van der Waals surface area contributed by atoms with E-state index in [0.717, 1.165) is 17.1 Å². The number of nitro groups is 1. The molecule has 2 aromatic carbocycles. The zero-order valence-electron chi connectivity index (χ0n) is 21.0. The molecule has 4 aromatic rings. The van der Waals surface area contributed by atoms with E-state index < -0.39 is 4.92 Å². The van der Waals surface area contributed by atoms with Crippen molar-refractivity contribution in [3.63, 3.8) is 0 Å². The van der Waals surface area contributed by atoms with Crippen LogP contribution in [0.1, 0.15) is 37.6 Å². The second-order valence-electron chi connectivity index (χ2n) is 8.27. The molecule has 4 rings (SSSR count). The van der Waals surface area contributed by atoms with Gasteiger partial charge in [-0.15, -0.1) is 0 Å². The van der Waals surface area contributed by atoms with Crippen molar-refractivity contribution in [1.29, 1.82) is 0 Å². The number of halogens is 1. The van der Waals surface area contributed by atoms with Crippen LogP contribution in [0, 0.1) is 10.1 Å². The molecule has 0 N–H and O–H groups in total. The fourth-order valence-electron chi connectivity index (χ4n) is 3.62. The van der Waals surface area contributed by atoms with E-state index in [1.54, 1.807) is 24.3 Å². The minimum absolute atomic E-state index is 0.0121. The Bertz CT molecular complexity index is 1560. The third-order valence-corrected chi connectivity index (χ3v) is 6.32. The van der Waals surface area contributed by atoms with Gasteiger partial charge in [0.05, 0.1) is 36.3 Å². The topological polar surface area (TPSA) is 131 Å².